The molecule has 3 aromatic rings. The number of benzene rings is 3. The molecular weight excluding hydrogens is 360 g/mol. The van der Waals surface area contributed by atoms with Gasteiger partial charge in [-0.05, 0) is 55.4 Å². The molecular formula is C25H28N2O2. The highest BCUT2D eigenvalue weighted by Crippen LogP contribution is 2.26. The number of nitrogens with one attached hydrogen (secondary N) is 1. The van der Waals surface area contributed by atoms with Gasteiger partial charge >= 0.3 is 0 Å². The molecule has 1 saturated heterocycles. The van der Waals surface area contributed by atoms with E-state index in [2.05, 4.69) is 34.5 Å². The molecule has 1 aliphatic rings. The zero-order valence-electron chi connectivity index (χ0n) is 16.9. The fraction of sp³-hybridized carbons (Fsp3) is 0.320. The minimum absolute atomic E-state index is 0.108. The second-order valence-electron chi connectivity index (χ2n) is 7.76. The number of rotatable bonds is 7. The first-order valence-electron chi connectivity index (χ1n) is 10.4. The molecule has 4 rings (SSSR count). The highest BCUT2D eigenvalue weighted by molar-refractivity contribution is 5.89. The van der Waals surface area contributed by atoms with Crippen LogP contribution in [-0.2, 0) is 17.9 Å². The quantitative estimate of drug-likeness (QED) is 0.647. The van der Waals surface area contributed by atoms with Crippen molar-refractivity contribution in [2.45, 2.75) is 39.0 Å². The van der Waals surface area contributed by atoms with Crippen LogP contribution in [0.15, 0.2) is 66.7 Å². The standard InChI is InChI=1S/C25H28N2O2/c1-19(29-24-13-7-11-22-10-2-3-12-23(22)24)25(28)26-17-20-8-6-9-21(16-20)18-27-14-4-5-15-27/h2-3,6-13,16,19H,4-5,14-15,17-18H2,1H3,(H,26,28)/t19-/m0/s1. The summed E-state index contributed by atoms with van der Waals surface area (Å²) in [6.45, 7) is 5.66. The molecule has 0 aromatic heterocycles. The van der Waals surface area contributed by atoms with Gasteiger partial charge in [0, 0.05) is 18.5 Å². The van der Waals surface area contributed by atoms with Crippen molar-refractivity contribution in [2.24, 2.45) is 0 Å². The van der Waals surface area contributed by atoms with Crippen LogP contribution in [0.3, 0.4) is 0 Å². The molecule has 1 heterocycles. The average Bonchev–Trinajstić information content (AvgIpc) is 3.25. The third-order valence-electron chi connectivity index (χ3n) is 5.49. The van der Waals surface area contributed by atoms with E-state index in [1.165, 1.54) is 31.5 Å². The Kier molecular flexibility index (Phi) is 6.11. The number of hydrogen-bond acceptors (Lipinski definition) is 3. The molecule has 1 atom stereocenters. The van der Waals surface area contributed by atoms with Crippen LogP contribution in [0.5, 0.6) is 5.75 Å². The van der Waals surface area contributed by atoms with Gasteiger partial charge in [-0.1, -0.05) is 60.7 Å². The fourth-order valence-corrected chi connectivity index (χ4v) is 3.91. The SMILES string of the molecule is C[C@H](Oc1cccc2ccccc12)C(=O)NCc1cccc(CN2CCCC2)c1. The molecule has 4 heteroatoms. The van der Waals surface area contributed by atoms with Crippen LogP contribution in [0, 0.1) is 0 Å². The number of carbonyl (C=O) groups is 1. The highest BCUT2D eigenvalue weighted by atomic mass is 16.5. The molecule has 1 amide bonds. The van der Waals surface area contributed by atoms with Gasteiger partial charge in [0.2, 0.25) is 0 Å². The van der Waals surface area contributed by atoms with Crippen LogP contribution in [0.1, 0.15) is 30.9 Å². The van der Waals surface area contributed by atoms with Crippen LogP contribution < -0.4 is 10.1 Å². The fourth-order valence-electron chi connectivity index (χ4n) is 3.91. The molecule has 1 aliphatic heterocycles. The molecule has 1 fully saturated rings. The van der Waals surface area contributed by atoms with E-state index < -0.39 is 6.10 Å². The number of amides is 1. The first-order valence-corrected chi connectivity index (χ1v) is 10.4. The Labute approximate surface area is 172 Å². The molecule has 0 aliphatic carbocycles. The lowest BCUT2D eigenvalue weighted by Gasteiger charge is -2.17. The van der Waals surface area contributed by atoms with Gasteiger partial charge in [-0.3, -0.25) is 9.69 Å². The molecule has 0 unspecified atom stereocenters. The van der Waals surface area contributed by atoms with Gasteiger partial charge in [0.15, 0.2) is 6.10 Å². The third kappa shape index (κ3) is 4.96. The summed E-state index contributed by atoms with van der Waals surface area (Å²) in [6.07, 6.45) is 2.03. The predicted octanol–water partition coefficient (Wildman–Crippen LogP) is 4.52. The summed E-state index contributed by atoms with van der Waals surface area (Å²) >= 11 is 0. The van der Waals surface area contributed by atoms with E-state index in [4.69, 9.17) is 4.74 Å². The number of likely N-dealkylation sites (tertiary alicyclic amines) is 1. The Morgan fingerprint density at radius 2 is 1.72 bits per heavy atom. The first kappa shape index (κ1) is 19.5. The van der Waals surface area contributed by atoms with Crippen LogP contribution in [0.25, 0.3) is 10.8 Å². The smallest absolute Gasteiger partial charge is 0.261 e. The molecule has 0 bridgehead atoms. The van der Waals surface area contributed by atoms with Crippen molar-refractivity contribution < 1.29 is 9.53 Å². The second kappa shape index (κ2) is 9.10. The van der Waals surface area contributed by atoms with Crippen molar-refractivity contribution in [3.8, 4) is 5.75 Å². The Hall–Kier alpha value is -2.85. The second-order valence-corrected chi connectivity index (χ2v) is 7.76. The topological polar surface area (TPSA) is 41.6 Å². The van der Waals surface area contributed by atoms with Crippen LogP contribution in [0.2, 0.25) is 0 Å². The summed E-state index contributed by atoms with van der Waals surface area (Å²) in [5, 5.41) is 5.13. The predicted molar refractivity (Wildman–Crippen MR) is 117 cm³/mol. The highest BCUT2D eigenvalue weighted by Gasteiger charge is 2.16. The van der Waals surface area contributed by atoms with Crippen LogP contribution in [0.4, 0.5) is 0 Å². The van der Waals surface area contributed by atoms with Crippen molar-refractivity contribution in [3.05, 3.63) is 77.9 Å². The van der Waals surface area contributed by atoms with E-state index in [0.29, 0.717) is 6.54 Å². The molecule has 3 aromatic carbocycles. The third-order valence-corrected chi connectivity index (χ3v) is 5.49. The lowest BCUT2D eigenvalue weighted by atomic mass is 10.1. The zero-order chi connectivity index (χ0) is 20.1. The average molecular weight is 389 g/mol. The molecule has 0 radical (unpaired) electrons. The molecule has 4 nitrogen and oxygen atoms in total. The minimum Gasteiger partial charge on any atom is -0.480 e. The van der Waals surface area contributed by atoms with Gasteiger partial charge in [-0.2, -0.15) is 0 Å². The minimum atomic E-state index is -0.561. The van der Waals surface area contributed by atoms with E-state index in [-0.39, 0.29) is 5.91 Å². The Balaban J connectivity index is 1.34. The molecule has 1 N–H and O–H groups in total. The van der Waals surface area contributed by atoms with Gasteiger partial charge in [0.1, 0.15) is 5.75 Å². The van der Waals surface area contributed by atoms with Gasteiger partial charge in [0.05, 0.1) is 0 Å². The summed E-state index contributed by atoms with van der Waals surface area (Å²) in [4.78, 5) is 15.1. The molecule has 29 heavy (non-hydrogen) atoms. The molecule has 150 valence electrons. The van der Waals surface area contributed by atoms with Gasteiger partial charge in [-0.25, -0.2) is 0 Å². The number of ether oxygens (including phenoxy) is 1. The van der Waals surface area contributed by atoms with Crippen LogP contribution in [-0.4, -0.2) is 30.0 Å². The Morgan fingerprint density at radius 3 is 2.59 bits per heavy atom. The van der Waals surface area contributed by atoms with Gasteiger partial charge in [-0.15, -0.1) is 0 Å². The summed E-state index contributed by atoms with van der Waals surface area (Å²) < 4.78 is 5.97. The van der Waals surface area contributed by atoms with Crippen molar-refractivity contribution in [3.63, 3.8) is 0 Å². The maximum Gasteiger partial charge on any atom is 0.261 e. The van der Waals surface area contributed by atoms with E-state index in [9.17, 15) is 4.79 Å². The van der Waals surface area contributed by atoms with Crippen molar-refractivity contribution in [2.75, 3.05) is 13.1 Å². The van der Waals surface area contributed by atoms with E-state index in [0.717, 1.165) is 28.6 Å². The Morgan fingerprint density at radius 1 is 1.00 bits per heavy atom. The number of fused-ring (bicyclic) bond motifs is 1. The maximum absolute atomic E-state index is 12.6. The summed E-state index contributed by atoms with van der Waals surface area (Å²) in [7, 11) is 0. The molecule has 0 saturated carbocycles. The monoisotopic (exact) mass is 388 g/mol. The largest absolute Gasteiger partial charge is 0.480 e. The van der Waals surface area contributed by atoms with E-state index in [1.807, 2.05) is 42.5 Å². The van der Waals surface area contributed by atoms with Crippen molar-refractivity contribution in [1.82, 2.24) is 10.2 Å². The van der Waals surface area contributed by atoms with Gasteiger partial charge < -0.3 is 10.1 Å². The summed E-state index contributed by atoms with van der Waals surface area (Å²) in [5.41, 5.74) is 2.42. The van der Waals surface area contributed by atoms with Crippen LogP contribution >= 0.6 is 0 Å². The zero-order valence-corrected chi connectivity index (χ0v) is 16.9. The summed E-state index contributed by atoms with van der Waals surface area (Å²) in [6, 6.07) is 22.4. The first-order chi connectivity index (χ1) is 14.2. The maximum atomic E-state index is 12.6. The number of carbonyl (C=O) groups excluding carboxylic acids is 1. The van der Waals surface area contributed by atoms with E-state index >= 15 is 0 Å². The van der Waals surface area contributed by atoms with E-state index in [1.54, 1.807) is 6.92 Å². The number of nitrogens with zero attached hydrogens (tertiary/aromatic N) is 1. The normalized spacial score (nSPS) is 15.3. The lowest BCUT2D eigenvalue weighted by molar-refractivity contribution is -0.127. The number of hydrogen-bond donors (Lipinski definition) is 1. The van der Waals surface area contributed by atoms with Crippen molar-refractivity contribution >= 4 is 16.7 Å². The summed E-state index contributed by atoms with van der Waals surface area (Å²) in [5.74, 6) is 0.626. The lowest BCUT2D eigenvalue weighted by Crippen LogP contribution is -2.36. The van der Waals surface area contributed by atoms with Crippen molar-refractivity contribution in [1.29, 1.82) is 0 Å². The van der Waals surface area contributed by atoms with Gasteiger partial charge in [0.25, 0.3) is 5.91 Å². The Bertz CT molecular complexity index is 974. The molecule has 0 spiro atoms.